The monoisotopic (exact) mass is 376 g/mol. The van der Waals surface area contributed by atoms with Crippen LogP contribution in [0.15, 0.2) is 48.5 Å². The molecule has 1 N–H and O–H groups in total. The van der Waals surface area contributed by atoms with Gasteiger partial charge in [-0.05, 0) is 31.5 Å². The number of aryl methyl sites for hydroxylation is 1. The second-order valence-electron chi connectivity index (χ2n) is 6.14. The maximum atomic E-state index is 12.5. The molecule has 2 aromatic rings. The third-order valence-electron chi connectivity index (χ3n) is 4.00. The van der Waals surface area contributed by atoms with Crippen molar-refractivity contribution in [3.63, 3.8) is 0 Å². The van der Waals surface area contributed by atoms with Crippen LogP contribution in [-0.2, 0) is 14.8 Å². The average molecular weight is 376 g/mol. The van der Waals surface area contributed by atoms with E-state index in [2.05, 4.69) is 5.32 Å². The predicted octanol–water partition coefficient (Wildman–Crippen LogP) is 2.65. The zero-order valence-electron chi connectivity index (χ0n) is 15.4. The Kier molecular flexibility index (Phi) is 6.26. The lowest BCUT2D eigenvalue weighted by atomic mass is 10.1. The molecule has 0 aliphatic rings. The largest absolute Gasteiger partial charge is 0.495 e. The second-order valence-corrected chi connectivity index (χ2v) is 8.05. The molecule has 0 saturated heterocycles. The van der Waals surface area contributed by atoms with Gasteiger partial charge in [0.15, 0.2) is 0 Å². The molecule has 0 aliphatic carbocycles. The van der Waals surface area contributed by atoms with Gasteiger partial charge in [0.2, 0.25) is 15.9 Å². The van der Waals surface area contributed by atoms with Crippen LogP contribution in [0.5, 0.6) is 5.75 Å². The number of rotatable bonds is 7. The van der Waals surface area contributed by atoms with Crippen LogP contribution in [0, 0.1) is 6.92 Å². The Morgan fingerprint density at radius 1 is 1.15 bits per heavy atom. The van der Waals surface area contributed by atoms with Gasteiger partial charge in [0.05, 0.1) is 25.1 Å². The highest BCUT2D eigenvalue weighted by molar-refractivity contribution is 7.92. The summed E-state index contributed by atoms with van der Waals surface area (Å²) in [5, 5.41) is 2.84. The van der Waals surface area contributed by atoms with Crippen LogP contribution in [0.2, 0.25) is 0 Å². The molecule has 1 atom stereocenters. The minimum absolute atomic E-state index is 0.234. The lowest BCUT2D eigenvalue weighted by Crippen LogP contribution is -2.41. The molecular formula is C19H24N2O4S. The van der Waals surface area contributed by atoms with Gasteiger partial charge in [-0.15, -0.1) is 0 Å². The molecule has 0 heterocycles. The van der Waals surface area contributed by atoms with Crippen molar-refractivity contribution in [1.82, 2.24) is 5.32 Å². The number of nitrogens with zero attached hydrogens (tertiary/aromatic N) is 1. The van der Waals surface area contributed by atoms with Crippen molar-refractivity contribution in [2.24, 2.45) is 0 Å². The summed E-state index contributed by atoms with van der Waals surface area (Å²) in [6, 6.07) is 14.3. The van der Waals surface area contributed by atoms with Gasteiger partial charge in [-0.1, -0.05) is 42.0 Å². The summed E-state index contributed by atoms with van der Waals surface area (Å²) < 4.78 is 30.7. The summed E-state index contributed by atoms with van der Waals surface area (Å²) in [7, 11) is -2.20. The summed E-state index contributed by atoms with van der Waals surface area (Å²) in [6.45, 7) is 3.52. The Morgan fingerprint density at radius 3 is 2.35 bits per heavy atom. The minimum atomic E-state index is -3.66. The lowest BCUT2D eigenvalue weighted by Gasteiger charge is -2.24. The first-order valence-corrected chi connectivity index (χ1v) is 10.0. The van der Waals surface area contributed by atoms with Crippen LogP contribution in [0.3, 0.4) is 0 Å². The number of hydrogen-bond acceptors (Lipinski definition) is 4. The molecule has 140 valence electrons. The number of ether oxygens (including phenoxy) is 1. The van der Waals surface area contributed by atoms with Crippen LogP contribution in [-0.4, -0.2) is 34.2 Å². The highest BCUT2D eigenvalue weighted by Crippen LogP contribution is 2.29. The fourth-order valence-corrected chi connectivity index (χ4v) is 3.43. The number of anilines is 1. The SMILES string of the molecule is COc1ccccc1N(CC(=O)NC(C)c1ccc(C)cc1)S(C)(=O)=O. The van der Waals surface area contributed by atoms with Gasteiger partial charge in [-0.2, -0.15) is 0 Å². The molecule has 1 unspecified atom stereocenters. The second kappa shape index (κ2) is 8.23. The normalized spacial score (nSPS) is 12.3. The molecule has 0 saturated carbocycles. The molecule has 0 fully saturated rings. The molecule has 0 radical (unpaired) electrons. The molecule has 2 aromatic carbocycles. The minimum Gasteiger partial charge on any atom is -0.495 e. The topological polar surface area (TPSA) is 75.7 Å². The van der Waals surface area contributed by atoms with Gasteiger partial charge in [0.1, 0.15) is 12.3 Å². The van der Waals surface area contributed by atoms with E-state index in [1.807, 2.05) is 38.1 Å². The maximum Gasteiger partial charge on any atom is 0.241 e. The number of amides is 1. The van der Waals surface area contributed by atoms with Crippen LogP contribution < -0.4 is 14.4 Å². The third kappa shape index (κ3) is 4.98. The van der Waals surface area contributed by atoms with Crippen molar-refractivity contribution in [3.8, 4) is 5.75 Å². The number of carbonyl (C=O) groups is 1. The summed E-state index contributed by atoms with van der Waals surface area (Å²) in [5.74, 6) is -0.00767. The van der Waals surface area contributed by atoms with E-state index in [0.29, 0.717) is 11.4 Å². The quantitative estimate of drug-likeness (QED) is 0.806. The molecule has 0 bridgehead atoms. The molecule has 26 heavy (non-hydrogen) atoms. The summed E-state index contributed by atoms with van der Waals surface area (Å²) in [5.41, 5.74) is 2.41. The molecule has 2 rings (SSSR count). The van der Waals surface area contributed by atoms with Gasteiger partial charge in [0, 0.05) is 0 Å². The number of carbonyl (C=O) groups excluding carboxylic acids is 1. The van der Waals surface area contributed by atoms with Gasteiger partial charge in [0.25, 0.3) is 0 Å². The van der Waals surface area contributed by atoms with Crippen molar-refractivity contribution in [2.75, 3.05) is 24.2 Å². The van der Waals surface area contributed by atoms with E-state index >= 15 is 0 Å². The molecule has 7 heteroatoms. The molecule has 0 spiro atoms. The van der Waals surface area contributed by atoms with E-state index in [1.54, 1.807) is 24.3 Å². The van der Waals surface area contributed by atoms with Crippen molar-refractivity contribution < 1.29 is 17.9 Å². The van der Waals surface area contributed by atoms with Gasteiger partial charge < -0.3 is 10.1 Å². The number of para-hydroxylation sites is 2. The average Bonchev–Trinajstić information content (AvgIpc) is 2.59. The number of sulfonamides is 1. The number of benzene rings is 2. The number of hydrogen-bond donors (Lipinski definition) is 1. The molecular weight excluding hydrogens is 352 g/mol. The van der Waals surface area contributed by atoms with E-state index in [0.717, 1.165) is 21.7 Å². The van der Waals surface area contributed by atoms with Crippen molar-refractivity contribution >= 4 is 21.6 Å². The predicted molar refractivity (Wildman–Crippen MR) is 103 cm³/mol. The van der Waals surface area contributed by atoms with Gasteiger partial charge >= 0.3 is 0 Å². The van der Waals surface area contributed by atoms with Crippen LogP contribution in [0.25, 0.3) is 0 Å². The summed E-state index contributed by atoms with van der Waals surface area (Å²) >= 11 is 0. The zero-order valence-corrected chi connectivity index (χ0v) is 16.2. The fourth-order valence-electron chi connectivity index (χ4n) is 2.57. The van der Waals surface area contributed by atoms with Crippen LogP contribution >= 0.6 is 0 Å². The Balaban J connectivity index is 2.18. The number of methoxy groups -OCH3 is 1. The van der Waals surface area contributed by atoms with Crippen LogP contribution in [0.4, 0.5) is 5.69 Å². The maximum absolute atomic E-state index is 12.5. The molecule has 6 nitrogen and oxygen atoms in total. The highest BCUT2D eigenvalue weighted by Gasteiger charge is 2.24. The van der Waals surface area contributed by atoms with Gasteiger partial charge in [-0.25, -0.2) is 8.42 Å². The fraction of sp³-hybridized carbons (Fsp3) is 0.316. The van der Waals surface area contributed by atoms with Gasteiger partial charge in [-0.3, -0.25) is 9.10 Å². The first-order valence-electron chi connectivity index (χ1n) is 8.19. The van der Waals surface area contributed by atoms with Crippen molar-refractivity contribution in [1.29, 1.82) is 0 Å². The Morgan fingerprint density at radius 2 is 1.77 bits per heavy atom. The summed E-state index contributed by atoms with van der Waals surface area (Å²) in [4.78, 5) is 12.5. The summed E-state index contributed by atoms with van der Waals surface area (Å²) in [6.07, 6.45) is 1.07. The number of nitrogens with one attached hydrogen (secondary N) is 1. The third-order valence-corrected chi connectivity index (χ3v) is 5.12. The standard InChI is InChI=1S/C19H24N2O4S/c1-14-9-11-16(12-10-14)15(2)20-19(22)13-21(26(4,23)24)17-7-5-6-8-18(17)25-3/h5-12,15H,13H2,1-4H3,(H,20,22). The first kappa shape index (κ1) is 19.8. The highest BCUT2D eigenvalue weighted by atomic mass is 32.2. The lowest BCUT2D eigenvalue weighted by molar-refractivity contribution is -0.120. The van der Waals surface area contributed by atoms with Crippen molar-refractivity contribution in [2.45, 2.75) is 19.9 Å². The Bertz CT molecular complexity index is 863. The smallest absolute Gasteiger partial charge is 0.241 e. The van der Waals surface area contributed by atoms with E-state index in [4.69, 9.17) is 4.74 Å². The van der Waals surface area contributed by atoms with E-state index in [-0.39, 0.29) is 12.6 Å². The molecule has 1 amide bonds. The van der Waals surface area contributed by atoms with E-state index in [9.17, 15) is 13.2 Å². The van der Waals surface area contributed by atoms with E-state index in [1.165, 1.54) is 7.11 Å². The Hall–Kier alpha value is -2.54. The zero-order chi connectivity index (χ0) is 19.3. The first-order chi connectivity index (χ1) is 12.2. The molecule has 0 aromatic heterocycles. The molecule has 0 aliphatic heterocycles. The Labute approximate surface area is 154 Å². The van der Waals surface area contributed by atoms with Crippen LogP contribution in [0.1, 0.15) is 24.1 Å². The van der Waals surface area contributed by atoms with E-state index < -0.39 is 15.9 Å². The van der Waals surface area contributed by atoms with Crippen molar-refractivity contribution in [3.05, 3.63) is 59.7 Å².